The van der Waals surface area contributed by atoms with E-state index < -0.39 is 0 Å². The molecule has 0 aromatic carbocycles. The van der Waals surface area contributed by atoms with Gasteiger partial charge in [-0.2, -0.15) is 0 Å². The summed E-state index contributed by atoms with van der Waals surface area (Å²) in [5.74, 6) is 0.586. The number of nitrogens with one attached hydrogen (secondary N) is 2. The molecule has 2 heterocycles. The number of nitrogens with zero attached hydrogens (tertiary/aromatic N) is 2. The highest BCUT2D eigenvalue weighted by Gasteiger charge is 2.22. The van der Waals surface area contributed by atoms with E-state index in [1.54, 1.807) is 0 Å². The van der Waals surface area contributed by atoms with Crippen LogP contribution in [0.3, 0.4) is 0 Å². The van der Waals surface area contributed by atoms with Crippen LogP contribution in [-0.2, 0) is 0 Å². The molecular weight excluding hydrogens is 230 g/mol. The molecule has 4 N–H and O–H groups in total. The number of aromatic amines is 1. The topological polar surface area (TPSA) is 87.0 Å². The van der Waals surface area contributed by atoms with Crippen molar-refractivity contribution in [2.75, 3.05) is 23.7 Å². The molecule has 2 rings (SSSR count). The average Bonchev–Trinajstić information content (AvgIpc) is 2.83. The van der Waals surface area contributed by atoms with Gasteiger partial charge in [-0.1, -0.05) is 0 Å². The number of nitrogens with two attached hydrogens (primary N) is 1. The normalized spacial score (nSPS) is 19.4. The Kier molecular flexibility index (Phi) is 3.86. The van der Waals surface area contributed by atoms with Crippen molar-refractivity contribution in [2.24, 2.45) is 0 Å². The Morgan fingerprint density at radius 3 is 3.00 bits per heavy atom. The summed E-state index contributed by atoms with van der Waals surface area (Å²) in [4.78, 5) is 20.3. The molecule has 100 valence electrons. The van der Waals surface area contributed by atoms with Crippen molar-refractivity contribution in [2.45, 2.75) is 38.8 Å². The van der Waals surface area contributed by atoms with Crippen LogP contribution in [0.5, 0.6) is 0 Å². The van der Waals surface area contributed by atoms with Crippen LogP contribution < -0.4 is 21.5 Å². The largest absolute Gasteiger partial charge is 0.391 e. The summed E-state index contributed by atoms with van der Waals surface area (Å²) in [7, 11) is 0. The Balaban J connectivity index is 2.23. The Bertz CT molecular complexity index is 450. The van der Waals surface area contributed by atoms with Crippen LogP contribution in [0.15, 0.2) is 11.1 Å². The number of hydrogen-bond donors (Lipinski definition) is 3. The van der Waals surface area contributed by atoms with Crippen molar-refractivity contribution in [3.05, 3.63) is 16.7 Å². The van der Waals surface area contributed by atoms with Crippen LogP contribution in [-0.4, -0.2) is 35.1 Å². The summed E-state index contributed by atoms with van der Waals surface area (Å²) in [5, 5.41) is 3.45. The number of rotatable bonds is 4. The second kappa shape index (κ2) is 5.39. The lowest BCUT2D eigenvalue weighted by molar-refractivity contribution is 0.549. The maximum Gasteiger partial charge on any atom is 0.276 e. The monoisotopic (exact) mass is 251 g/mol. The Labute approximate surface area is 107 Å². The van der Waals surface area contributed by atoms with Crippen molar-refractivity contribution < 1.29 is 0 Å². The van der Waals surface area contributed by atoms with E-state index in [9.17, 15) is 4.79 Å². The molecule has 1 aromatic rings. The molecule has 6 heteroatoms. The van der Waals surface area contributed by atoms with E-state index in [2.05, 4.69) is 34.0 Å². The lowest BCUT2D eigenvalue weighted by Gasteiger charge is -2.31. The van der Waals surface area contributed by atoms with Crippen molar-refractivity contribution in [1.29, 1.82) is 0 Å². The van der Waals surface area contributed by atoms with Gasteiger partial charge in [0.25, 0.3) is 5.56 Å². The van der Waals surface area contributed by atoms with Gasteiger partial charge in [-0.25, -0.2) is 4.98 Å². The molecule has 1 fully saturated rings. The fraction of sp³-hybridized carbons (Fsp3) is 0.667. The third-order valence-corrected chi connectivity index (χ3v) is 3.34. The van der Waals surface area contributed by atoms with Gasteiger partial charge in [0.15, 0.2) is 5.82 Å². The zero-order chi connectivity index (χ0) is 13.1. The van der Waals surface area contributed by atoms with Gasteiger partial charge in [-0.3, -0.25) is 4.79 Å². The van der Waals surface area contributed by atoms with Gasteiger partial charge in [-0.15, -0.1) is 0 Å². The minimum absolute atomic E-state index is 0.198. The van der Waals surface area contributed by atoms with Gasteiger partial charge in [0, 0.05) is 18.6 Å². The summed E-state index contributed by atoms with van der Waals surface area (Å²) in [5.41, 5.74) is 5.75. The highest BCUT2D eigenvalue weighted by molar-refractivity contribution is 5.61. The van der Waals surface area contributed by atoms with E-state index in [0.717, 1.165) is 19.5 Å². The first-order chi connectivity index (χ1) is 8.59. The number of H-pyrrole nitrogens is 1. The first-order valence-corrected chi connectivity index (χ1v) is 6.42. The minimum atomic E-state index is -0.273. The molecule has 0 spiro atoms. The Morgan fingerprint density at radius 2 is 2.39 bits per heavy atom. The molecule has 18 heavy (non-hydrogen) atoms. The maximum absolute atomic E-state index is 11.5. The van der Waals surface area contributed by atoms with Crippen molar-refractivity contribution in [1.82, 2.24) is 15.3 Å². The molecule has 0 radical (unpaired) electrons. The van der Waals surface area contributed by atoms with Crippen LogP contribution >= 0.6 is 0 Å². The molecule has 0 amide bonds. The Hall–Kier alpha value is -1.56. The fourth-order valence-corrected chi connectivity index (χ4v) is 2.32. The second-order valence-corrected chi connectivity index (χ2v) is 5.01. The minimum Gasteiger partial charge on any atom is -0.391 e. The third-order valence-electron chi connectivity index (χ3n) is 3.34. The van der Waals surface area contributed by atoms with E-state index in [1.807, 2.05) is 0 Å². The zero-order valence-corrected chi connectivity index (χ0v) is 10.9. The van der Waals surface area contributed by atoms with Crippen molar-refractivity contribution >= 4 is 11.5 Å². The van der Waals surface area contributed by atoms with Crippen molar-refractivity contribution in [3.63, 3.8) is 0 Å². The van der Waals surface area contributed by atoms with Gasteiger partial charge < -0.3 is 20.9 Å². The summed E-state index contributed by atoms with van der Waals surface area (Å²) in [6, 6.07) is 0.705. The predicted octanol–water partition coefficient (Wildman–Crippen LogP) is 0.319. The zero-order valence-electron chi connectivity index (χ0n) is 10.9. The second-order valence-electron chi connectivity index (χ2n) is 5.01. The molecule has 1 unspecified atom stereocenters. The molecule has 0 bridgehead atoms. The lowest BCUT2D eigenvalue weighted by Crippen LogP contribution is -2.42. The predicted molar refractivity (Wildman–Crippen MR) is 72.8 cm³/mol. The smallest absolute Gasteiger partial charge is 0.276 e. The number of anilines is 2. The Morgan fingerprint density at radius 1 is 1.61 bits per heavy atom. The summed E-state index contributed by atoms with van der Waals surface area (Å²) >= 11 is 0. The molecule has 1 saturated heterocycles. The molecule has 1 aliphatic rings. The van der Waals surface area contributed by atoms with E-state index in [-0.39, 0.29) is 17.3 Å². The highest BCUT2D eigenvalue weighted by Crippen LogP contribution is 2.20. The van der Waals surface area contributed by atoms with Gasteiger partial charge >= 0.3 is 0 Å². The van der Waals surface area contributed by atoms with E-state index in [0.29, 0.717) is 11.9 Å². The van der Waals surface area contributed by atoms with E-state index in [1.165, 1.54) is 12.7 Å². The molecular formula is C12H21N5O. The molecule has 6 nitrogen and oxygen atoms in total. The summed E-state index contributed by atoms with van der Waals surface area (Å²) < 4.78 is 0. The summed E-state index contributed by atoms with van der Waals surface area (Å²) in [6.45, 7) is 6.06. The van der Waals surface area contributed by atoms with Crippen LogP contribution in [0.1, 0.15) is 26.7 Å². The quantitative estimate of drug-likeness (QED) is 0.717. The van der Waals surface area contributed by atoms with E-state index in [4.69, 9.17) is 5.73 Å². The van der Waals surface area contributed by atoms with Crippen LogP contribution in [0.4, 0.5) is 11.5 Å². The fourth-order valence-electron chi connectivity index (χ4n) is 2.32. The first-order valence-electron chi connectivity index (χ1n) is 6.42. The van der Waals surface area contributed by atoms with Crippen LogP contribution in [0.2, 0.25) is 0 Å². The SMILES string of the molecule is CC(C)N(CC1CCCN1)c1nc[nH]c(=O)c1N. The molecule has 0 aliphatic carbocycles. The van der Waals surface area contributed by atoms with Gasteiger partial charge in [0.05, 0.1) is 6.33 Å². The maximum atomic E-state index is 11.5. The van der Waals surface area contributed by atoms with Crippen LogP contribution in [0, 0.1) is 0 Å². The molecule has 0 saturated carbocycles. The highest BCUT2D eigenvalue weighted by atomic mass is 16.1. The molecule has 1 aromatic heterocycles. The average molecular weight is 251 g/mol. The van der Waals surface area contributed by atoms with Gasteiger partial charge in [0.1, 0.15) is 5.69 Å². The summed E-state index contributed by atoms with van der Waals surface area (Å²) in [6.07, 6.45) is 3.77. The van der Waals surface area contributed by atoms with Gasteiger partial charge in [-0.05, 0) is 33.2 Å². The van der Waals surface area contributed by atoms with Crippen molar-refractivity contribution in [3.8, 4) is 0 Å². The lowest BCUT2D eigenvalue weighted by atomic mass is 10.2. The molecule has 1 atom stereocenters. The number of nitrogen functional groups attached to an aromatic ring is 1. The first kappa shape index (κ1) is 12.9. The number of hydrogen-bond acceptors (Lipinski definition) is 5. The third kappa shape index (κ3) is 2.64. The van der Waals surface area contributed by atoms with Crippen LogP contribution in [0.25, 0.3) is 0 Å². The number of aromatic nitrogens is 2. The molecule has 1 aliphatic heterocycles. The van der Waals surface area contributed by atoms with Gasteiger partial charge in [0.2, 0.25) is 0 Å². The standard InChI is InChI=1S/C12H21N5O/c1-8(2)17(6-9-4-3-5-14-9)11-10(13)12(18)16-7-15-11/h7-9,14H,3-6,13H2,1-2H3,(H,15,16,18). The van der Waals surface area contributed by atoms with E-state index >= 15 is 0 Å².